The summed E-state index contributed by atoms with van der Waals surface area (Å²) < 4.78 is 1.87. The third-order valence-electron chi connectivity index (χ3n) is 3.69. The Morgan fingerprint density at radius 3 is 2.71 bits per heavy atom. The minimum Gasteiger partial charge on any atom is -0.322 e. The zero-order valence-electron chi connectivity index (χ0n) is 12.8. The van der Waals surface area contributed by atoms with Gasteiger partial charge >= 0.3 is 0 Å². The van der Waals surface area contributed by atoms with Crippen LogP contribution in [-0.2, 0) is 0 Å². The Morgan fingerprint density at radius 1 is 1.00 bits per heavy atom. The van der Waals surface area contributed by atoms with E-state index in [9.17, 15) is 4.79 Å². The molecule has 0 atom stereocenters. The van der Waals surface area contributed by atoms with Crippen molar-refractivity contribution < 1.29 is 4.79 Å². The van der Waals surface area contributed by atoms with Crippen molar-refractivity contribution in [2.75, 3.05) is 5.32 Å². The van der Waals surface area contributed by atoms with Crippen molar-refractivity contribution in [3.63, 3.8) is 0 Å². The highest BCUT2D eigenvalue weighted by Gasteiger charge is 2.08. The van der Waals surface area contributed by atoms with Gasteiger partial charge in [0.05, 0.1) is 5.69 Å². The number of fused-ring (bicyclic) bond motifs is 1. The van der Waals surface area contributed by atoms with Crippen LogP contribution in [0.5, 0.6) is 0 Å². The van der Waals surface area contributed by atoms with Crippen LogP contribution in [0.2, 0.25) is 0 Å². The largest absolute Gasteiger partial charge is 0.322 e. The molecule has 0 aliphatic heterocycles. The molecule has 24 heavy (non-hydrogen) atoms. The van der Waals surface area contributed by atoms with Crippen LogP contribution in [0.25, 0.3) is 17.0 Å². The molecular formula is C19H14N4O. The minimum atomic E-state index is -0.135. The second-order valence-electron chi connectivity index (χ2n) is 5.35. The van der Waals surface area contributed by atoms with Crippen molar-refractivity contribution in [1.82, 2.24) is 14.4 Å². The molecule has 5 heteroatoms. The molecule has 0 radical (unpaired) electrons. The van der Waals surface area contributed by atoms with Crippen molar-refractivity contribution in [2.24, 2.45) is 0 Å². The molecular weight excluding hydrogens is 300 g/mol. The third-order valence-corrected chi connectivity index (χ3v) is 3.69. The van der Waals surface area contributed by atoms with Crippen molar-refractivity contribution >= 4 is 17.4 Å². The Bertz CT molecular complexity index is 975. The summed E-state index contributed by atoms with van der Waals surface area (Å²) in [6.07, 6.45) is 5.53. The number of nitrogens with one attached hydrogen (secondary N) is 1. The molecule has 5 nitrogen and oxygen atoms in total. The molecule has 0 unspecified atom stereocenters. The summed E-state index contributed by atoms with van der Waals surface area (Å²) in [5, 5.41) is 2.91. The fourth-order valence-electron chi connectivity index (χ4n) is 2.52. The Kier molecular flexibility index (Phi) is 3.51. The molecule has 116 valence electrons. The number of nitrogens with zero attached hydrogens (tertiary/aromatic N) is 3. The normalized spacial score (nSPS) is 10.7. The Balaban J connectivity index is 1.63. The van der Waals surface area contributed by atoms with E-state index >= 15 is 0 Å². The van der Waals surface area contributed by atoms with Gasteiger partial charge < -0.3 is 5.32 Å². The topological polar surface area (TPSA) is 59.3 Å². The van der Waals surface area contributed by atoms with E-state index in [1.807, 2.05) is 65.3 Å². The molecule has 0 saturated heterocycles. The maximum Gasteiger partial charge on any atom is 0.255 e. The number of benzene rings is 2. The van der Waals surface area contributed by atoms with Crippen molar-refractivity contribution in [3.8, 4) is 11.3 Å². The van der Waals surface area contributed by atoms with E-state index in [1.54, 1.807) is 18.3 Å². The number of rotatable bonds is 3. The maximum atomic E-state index is 12.3. The van der Waals surface area contributed by atoms with Crippen molar-refractivity contribution in [3.05, 3.63) is 84.8 Å². The van der Waals surface area contributed by atoms with Crippen LogP contribution in [0.4, 0.5) is 5.69 Å². The molecule has 2 aromatic heterocycles. The number of hydrogen-bond acceptors (Lipinski definition) is 3. The van der Waals surface area contributed by atoms with Gasteiger partial charge in [-0.3, -0.25) is 9.20 Å². The smallest absolute Gasteiger partial charge is 0.255 e. The quantitative estimate of drug-likeness (QED) is 0.628. The highest BCUT2D eigenvalue weighted by atomic mass is 16.1. The predicted molar refractivity (Wildman–Crippen MR) is 92.8 cm³/mol. The lowest BCUT2D eigenvalue weighted by Crippen LogP contribution is -2.11. The summed E-state index contributed by atoms with van der Waals surface area (Å²) in [5.41, 5.74) is 3.09. The monoisotopic (exact) mass is 314 g/mol. The SMILES string of the molecule is O=C(Nc1cccc(-c2cn3cccnc3n2)c1)c1ccccc1. The number of carbonyl (C=O) groups excluding carboxylic acids is 1. The number of hydrogen-bond donors (Lipinski definition) is 1. The van der Waals surface area contributed by atoms with Crippen molar-refractivity contribution in [2.45, 2.75) is 0 Å². The number of anilines is 1. The van der Waals surface area contributed by atoms with Crippen LogP contribution >= 0.6 is 0 Å². The molecule has 0 bridgehead atoms. The molecule has 2 heterocycles. The highest BCUT2D eigenvalue weighted by Crippen LogP contribution is 2.22. The van der Waals surface area contributed by atoms with E-state index in [-0.39, 0.29) is 5.91 Å². The first-order valence-corrected chi connectivity index (χ1v) is 7.56. The van der Waals surface area contributed by atoms with Gasteiger partial charge in [-0.25, -0.2) is 9.97 Å². The first kappa shape index (κ1) is 14.1. The number of aromatic nitrogens is 3. The summed E-state index contributed by atoms with van der Waals surface area (Å²) in [6, 6.07) is 18.6. The Hall–Kier alpha value is -3.47. The fraction of sp³-hybridized carbons (Fsp3) is 0. The minimum absolute atomic E-state index is 0.135. The first-order valence-electron chi connectivity index (χ1n) is 7.56. The van der Waals surface area contributed by atoms with E-state index in [1.165, 1.54) is 0 Å². The van der Waals surface area contributed by atoms with Gasteiger partial charge in [0.25, 0.3) is 5.91 Å². The second kappa shape index (κ2) is 5.96. The van der Waals surface area contributed by atoms with Gasteiger partial charge in [0, 0.05) is 35.4 Å². The molecule has 0 aliphatic carbocycles. The van der Waals surface area contributed by atoms with Crippen LogP contribution in [0, 0.1) is 0 Å². The summed E-state index contributed by atoms with van der Waals surface area (Å²) in [5.74, 6) is 0.510. The lowest BCUT2D eigenvalue weighted by atomic mass is 10.1. The van der Waals surface area contributed by atoms with Crippen LogP contribution in [0.15, 0.2) is 79.3 Å². The molecule has 4 aromatic rings. The summed E-state index contributed by atoms with van der Waals surface area (Å²) >= 11 is 0. The zero-order valence-corrected chi connectivity index (χ0v) is 12.8. The number of imidazole rings is 1. The van der Waals surface area contributed by atoms with E-state index in [4.69, 9.17) is 0 Å². The molecule has 2 aromatic carbocycles. The van der Waals surface area contributed by atoms with Crippen LogP contribution < -0.4 is 5.32 Å². The molecule has 0 aliphatic rings. The average Bonchev–Trinajstić information content (AvgIpc) is 3.07. The number of carbonyl (C=O) groups is 1. The Morgan fingerprint density at radius 2 is 1.88 bits per heavy atom. The summed E-state index contributed by atoms with van der Waals surface area (Å²) in [6.45, 7) is 0. The zero-order chi connectivity index (χ0) is 16.4. The van der Waals surface area contributed by atoms with E-state index in [2.05, 4.69) is 15.3 Å². The maximum absolute atomic E-state index is 12.3. The van der Waals surface area contributed by atoms with Crippen LogP contribution in [-0.4, -0.2) is 20.3 Å². The highest BCUT2D eigenvalue weighted by molar-refractivity contribution is 6.04. The lowest BCUT2D eigenvalue weighted by Gasteiger charge is -2.06. The summed E-state index contributed by atoms with van der Waals surface area (Å²) in [4.78, 5) is 21.0. The van der Waals surface area contributed by atoms with Gasteiger partial charge in [-0.1, -0.05) is 30.3 Å². The number of amides is 1. The molecule has 0 saturated carbocycles. The third kappa shape index (κ3) is 2.75. The van der Waals surface area contributed by atoms with Gasteiger partial charge in [-0.2, -0.15) is 0 Å². The predicted octanol–water partition coefficient (Wildman–Crippen LogP) is 3.65. The first-order chi connectivity index (χ1) is 11.8. The molecule has 4 rings (SSSR count). The summed E-state index contributed by atoms with van der Waals surface area (Å²) in [7, 11) is 0. The van der Waals surface area contributed by atoms with E-state index < -0.39 is 0 Å². The van der Waals surface area contributed by atoms with Gasteiger partial charge in [0.2, 0.25) is 5.78 Å². The molecule has 1 amide bonds. The van der Waals surface area contributed by atoms with Gasteiger partial charge in [-0.05, 0) is 30.3 Å². The molecule has 0 spiro atoms. The lowest BCUT2D eigenvalue weighted by molar-refractivity contribution is 0.102. The van der Waals surface area contributed by atoms with Crippen LogP contribution in [0.1, 0.15) is 10.4 Å². The van der Waals surface area contributed by atoms with E-state index in [0.717, 1.165) is 16.9 Å². The van der Waals surface area contributed by atoms with Crippen molar-refractivity contribution in [1.29, 1.82) is 0 Å². The van der Waals surface area contributed by atoms with Gasteiger partial charge in [0.15, 0.2) is 0 Å². The van der Waals surface area contributed by atoms with E-state index in [0.29, 0.717) is 11.3 Å². The second-order valence-corrected chi connectivity index (χ2v) is 5.35. The standard InChI is InChI=1S/C19H14N4O/c24-18(14-6-2-1-3-7-14)21-16-9-4-8-15(12-16)17-13-23-11-5-10-20-19(23)22-17/h1-13H,(H,21,24). The van der Waals surface area contributed by atoms with Gasteiger partial charge in [0.1, 0.15) is 0 Å². The fourth-order valence-corrected chi connectivity index (χ4v) is 2.52. The van der Waals surface area contributed by atoms with Crippen LogP contribution in [0.3, 0.4) is 0 Å². The van der Waals surface area contributed by atoms with Gasteiger partial charge in [-0.15, -0.1) is 0 Å². The molecule has 0 fully saturated rings. The molecule has 1 N–H and O–H groups in total. The average molecular weight is 314 g/mol. The Labute approximate surface area is 138 Å².